The van der Waals surface area contributed by atoms with Gasteiger partial charge < -0.3 is 10.4 Å². The highest BCUT2D eigenvalue weighted by Crippen LogP contribution is 2.23. The molecule has 0 aromatic carbocycles. The Morgan fingerprint density at radius 3 is 3.00 bits per heavy atom. The predicted octanol–water partition coefficient (Wildman–Crippen LogP) is -0.0546. The first-order valence-electron chi connectivity index (χ1n) is 6.03. The molecule has 1 heterocycles. The largest absolute Gasteiger partial charge is 0.393 e. The molecule has 2 unspecified atom stereocenters. The molecule has 1 aliphatic carbocycles. The Bertz CT molecular complexity index is 352. The van der Waals surface area contributed by atoms with Crippen LogP contribution >= 0.6 is 0 Å². The molecule has 6 heteroatoms. The molecule has 94 valence electrons. The fourth-order valence-corrected chi connectivity index (χ4v) is 2.19. The van der Waals surface area contributed by atoms with Gasteiger partial charge in [-0.1, -0.05) is 12.8 Å². The van der Waals surface area contributed by atoms with E-state index in [-0.39, 0.29) is 24.5 Å². The van der Waals surface area contributed by atoms with Crippen molar-refractivity contribution in [2.45, 2.75) is 38.3 Å². The lowest BCUT2D eigenvalue weighted by Gasteiger charge is -2.27. The van der Waals surface area contributed by atoms with E-state index in [9.17, 15) is 9.90 Å². The second kappa shape index (κ2) is 5.77. The summed E-state index contributed by atoms with van der Waals surface area (Å²) in [6.07, 6.45) is 6.71. The molecule has 1 aromatic rings. The average Bonchev–Trinajstić information content (AvgIpc) is 2.81. The monoisotopic (exact) mass is 238 g/mol. The minimum atomic E-state index is -0.268. The van der Waals surface area contributed by atoms with E-state index < -0.39 is 0 Å². The number of rotatable bonds is 4. The molecule has 2 atom stereocenters. The lowest BCUT2D eigenvalue weighted by Crippen LogP contribution is -2.38. The molecule has 2 N–H and O–H groups in total. The van der Waals surface area contributed by atoms with Crippen molar-refractivity contribution in [1.82, 2.24) is 20.1 Å². The number of amides is 1. The standard InChI is InChI=1S/C11H18N4O2/c16-10-4-2-1-3-9(10)5-13-11(17)6-15-8-12-7-14-15/h7-10,16H,1-6H2,(H,13,17). The number of aliphatic hydroxyl groups is 1. The van der Waals surface area contributed by atoms with Gasteiger partial charge in [-0.3, -0.25) is 4.79 Å². The van der Waals surface area contributed by atoms with E-state index in [0.29, 0.717) is 6.54 Å². The van der Waals surface area contributed by atoms with Gasteiger partial charge in [-0.05, 0) is 12.8 Å². The van der Waals surface area contributed by atoms with Crippen molar-refractivity contribution >= 4 is 5.91 Å². The molecular formula is C11H18N4O2. The highest BCUT2D eigenvalue weighted by atomic mass is 16.3. The van der Waals surface area contributed by atoms with Crippen molar-refractivity contribution in [3.05, 3.63) is 12.7 Å². The van der Waals surface area contributed by atoms with Crippen LogP contribution in [0.4, 0.5) is 0 Å². The number of hydrogen-bond acceptors (Lipinski definition) is 4. The SMILES string of the molecule is O=C(Cn1cncn1)NCC1CCCCC1O. The van der Waals surface area contributed by atoms with Gasteiger partial charge in [0.2, 0.25) is 5.91 Å². The van der Waals surface area contributed by atoms with E-state index in [1.807, 2.05) is 0 Å². The first-order chi connectivity index (χ1) is 8.25. The molecule has 1 aromatic heterocycles. The van der Waals surface area contributed by atoms with Crippen LogP contribution in [-0.2, 0) is 11.3 Å². The Hall–Kier alpha value is -1.43. The predicted molar refractivity (Wildman–Crippen MR) is 61.0 cm³/mol. The van der Waals surface area contributed by atoms with Crippen LogP contribution in [0.5, 0.6) is 0 Å². The third kappa shape index (κ3) is 3.52. The van der Waals surface area contributed by atoms with Gasteiger partial charge in [-0.25, -0.2) is 9.67 Å². The summed E-state index contributed by atoms with van der Waals surface area (Å²) in [6, 6.07) is 0. The minimum absolute atomic E-state index is 0.0896. The van der Waals surface area contributed by atoms with E-state index in [0.717, 1.165) is 25.7 Å². The van der Waals surface area contributed by atoms with Crippen LogP contribution in [0.25, 0.3) is 0 Å². The van der Waals surface area contributed by atoms with Gasteiger partial charge in [0.25, 0.3) is 0 Å². The summed E-state index contributed by atoms with van der Waals surface area (Å²) in [6.45, 7) is 0.734. The zero-order chi connectivity index (χ0) is 12.1. The number of nitrogens with zero attached hydrogens (tertiary/aromatic N) is 3. The summed E-state index contributed by atoms with van der Waals surface area (Å²) in [5.74, 6) is 0.108. The highest BCUT2D eigenvalue weighted by Gasteiger charge is 2.23. The second-order valence-electron chi connectivity index (χ2n) is 4.51. The number of aromatic nitrogens is 3. The number of aliphatic hydroxyl groups excluding tert-OH is 1. The molecule has 6 nitrogen and oxygen atoms in total. The van der Waals surface area contributed by atoms with Crippen molar-refractivity contribution in [3.63, 3.8) is 0 Å². The summed E-state index contributed by atoms with van der Waals surface area (Å²) in [5, 5.41) is 16.5. The van der Waals surface area contributed by atoms with Gasteiger partial charge in [0.1, 0.15) is 19.2 Å². The van der Waals surface area contributed by atoms with Gasteiger partial charge in [0, 0.05) is 12.5 Å². The quantitative estimate of drug-likeness (QED) is 0.770. The first kappa shape index (κ1) is 12.0. The first-order valence-corrected chi connectivity index (χ1v) is 6.03. The van der Waals surface area contributed by atoms with Crippen molar-refractivity contribution in [3.8, 4) is 0 Å². The number of carbonyl (C=O) groups excluding carboxylic acids is 1. The molecule has 17 heavy (non-hydrogen) atoms. The molecular weight excluding hydrogens is 220 g/mol. The lowest BCUT2D eigenvalue weighted by atomic mass is 9.86. The van der Waals surface area contributed by atoms with Crippen molar-refractivity contribution in [1.29, 1.82) is 0 Å². The van der Waals surface area contributed by atoms with Gasteiger partial charge in [0.15, 0.2) is 0 Å². The minimum Gasteiger partial charge on any atom is -0.393 e. The molecule has 0 bridgehead atoms. The van der Waals surface area contributed by atoms with E-state index in [4.69, 9.17) is 0 Å². The Morgan fingerprint density at radius 2 is 2.29 bits per heavy atom. The molecule has 1 amide bonds. The van der Waals surface area contributed by atoms with Crippen LogP contribution in [0.15, 0.2) is 12.7 Å². The van der Waals surface area contributed by atoms with E-state index in [1.165, 1.54) is 17.3 Å². The van der Waals surface area contributed by atoms with Crippen LogP contribution in [0.3, 0.4) is 0 Å². The van der Waals surface area contributed by atoms with Crippen LogP contribution in [-0.4, -0.2) is 38.4 Å². The summed E-state index contributed by atoms with van der Waals surface area (Å²) in [7, 11) is 0. The summed E-state index contributed by atoms with van der Waals surface area (Å²) in [4.78, 5) is 15.3. The fraction of sp³-hybridized carbons (Fsp3) is 0.727. The second-order valence-corrected chi connectivity index (χ2v) is 4.51. The van der Waals surface area contributed by atoms with Gasteiger partial charge >= 0.3 is 0 Å². The van der Waals surface area contributed by atoms with E-state index in [1.54, 1.807) is 0 Å². The highest BCUT2D eigenvalue weighted by molar-refractivity contribution is 5.75. The normalized spacial score (nSPS) is 24.5. The third-order valence-corrected chi connectivity index (χ3v) is 3.20. The summed E-state index contributed by atoms with van der Waals surface area (Å²) >= 11 is 0. The smallest absolute Gasteiger partial charge is 0.241 e. The van der Waals surface area contributed by atoms with Gasteiger partial charge in [-0.2, -0.15) is 5.10 Å². The molecule has 0 spiro atoms. The number of nitrogens with one attached hydrogen (secondary N) is 1. The third-order valence-electron chi connectivity index (χ3n) is 3.20. The Labute approximate surface area is 100 Å². The summed E-state index contributed by atoms with van der Waals surface area (Å²) in [5.41, 5.74) is 0. The van der Waals surface area contributed by atoms with Crippen LogP contribution < -0.4 is 5.32 Å². The zero-order valence-corrected chi connectivity index (χ0v) is 9.75. The van der Waals surface area contributed by atoms with Crippen LogP contribution in [0, 0.1) is 5.92 Å². The summed E-state index contributed by atoms with van der Waals surface area (Å²) < 4.78 is 1.48. The molecule has 1 aliphatic rings. The van der Waals surface area contributed by atoms with Crippen molar-refractivity contribution < 1.29 is 9.90 Å². The van der Waals surface area contributed by atoms with Crippen molar-refractivity contribution in [2.24, 2.45) is 5.92 Å². The lowest BCUT2D eigenvalue weighted by molar-refractivity contribution is -0.122. The zero-order valence-electron chi connectivity index (χ0n) is 9.75. The maximum Gasteiger partial charge on any atom is 0.241 e. The Morgan fingerprint density at radius 1 is 1.47 bits per heavy atom. The molecule has 1 fully saturated rings. The number of hydrogen-bond donors (Lipinski definition) is 2. The molecule has 0 saturated heterocycles. The maximum atomic E-state index is 11.6. The van der Waals surface area contributed by atoms with Gasteiger partial charge in [0.05, 0.1) is 6.10 Å². The van der Waals surface area contributed by atoms with Crippen molar-refractivity contribution in [2.75, 3.05) is 6.54 Å². The molecule has 2 rings (SSSR count). The molecule has 1 saturated carbocycles. The van der Waals surface area contributed by atoms with Crippen LogP contribution in [0.1, 0.15) is 25.7 Å². The molecule has 0 radical (unpaired) electrons. The Balaban J connectivity index is 1.72. The van der Waals surface area contributed by atoms with E-state index >= 15 is 0 Å². The fourth-order valence-electron chi connectivity index (χ4n) is 2.19. The van der Waals surface area contributed by atoms with Gasteiger partial charge in [-0.15, -0.1) is 0 Å². The van der Waals surface area contributed by atoms with E-state index in [2.05, 4.69) is 15.4 Å². The number of carbonyl (C=O) groups is 1. The maximum absolute atomic E-state index is 11.6. The average molecular weight is 238 g/mol. The molecule has 0 aliphatic heterocycles. The topological polar surface area (TPSA) is 80.0 Å². The Kier molecular flexibility index (Phi) is 4.08. The van der Waals surface area contributed by atoms with Crippen LogP contribution in [0.2, 0.25) is 0 Å².